The summed E-state index contributed by atoms with van der Waals surface area (Å²) < 4.78 is 40.0. The van der Waals surface area contributed by atoms with E-state index in [2.05, 4.69) is 25.6 Å². The van der Waals surface area contributed by atoms with Gasteiger partial charge < -0.3 is 26.3 Å². The number of nitrogens with two attached hydrogens (primary N) is 1. The fraction of sp³-hybridized carbons (Fsp3) is 0.500. The van der Waals surface area contributed by atoms with Crippen LogP contribution in [0.5, 0.6) is 0 Å². The highest BCUT2D eigenvalue weighted by molar-refractivity contribution is 5.95. The number of hydrogen-bond donors (Lipinski definition) is 4. The maximum absolute atomic E-state index is 14.1. The van der Waals surface area contributed by atoms with E-state index in [1.807, 2.05) is 32.9 Å². The number of piperidine rings is 1. The van der Waals surface area contributed by atoms with Crippen LogP contribution in [0.15, 0.2) is 41.3 Å². The van der Waals surface area contributed by atoms with Crippen LogP contribution in [-0.2, 0) is 27.0 Å². The number of aryl methyl sites for hydroxylation is 1. The van der Waals surface area contributed by atoms with E-state index in [1.165, 1.54) is 4.90 Å². The molecule has 3 aromatic rings. The van der Waals surface area contributed by atoms with Crippen LogP contribution in [-0.4, -0.2) is 62.2 Å². The molecule has 5 atom stereocenters. The summed E-state index contributed by atoms with van der Waals surface area (Å²) in [5, 5.41) is 6.23. The number of pyridine rings is 1. The Labute approximate surface area is 263 Å². The van der Waals surface area contributed by atoms with E-state index < -0.39 is 58.7 Å². The molecular weight excluding hydrogens is 603 g/mol. The van der Waals surface area contributed by atoms with Crippen LogP contribution in [0, 0.1) is 29.6 Å². The lowest BCUT2D eigenvalue weighted by Gasteiger charge is -2.38. The summed E-state index contributed by atoms with van der Waals surface area (Å²) in [6.45, 7) is 11.3. The van der Waals surface area contributed by atoms with Gasteiger partial charge in [-0.1, -0.05) is 46.2 Å². The molecular formula is C32H38F3N7O4. The molecule has 3 heterocycles. The largest absolute Gasteiger partial charge is 0.433 e. The predicted molar refractivity (Wildman–Crippen MR) is 164 cm³/mol. The minimum Gasteiger partial charge on any atom is -0.368 e. The first kappa shape index (κ1) is 32.9. The van der Waals surface area contributed by atoms with Gasteiger partial charge in [0, 0.05) is 30.2 Å². The van der Waals surface area contributed by atoms with Gasteiger partial charge in [-0.15, -0.1) is 0 Å². The molecule has 14 heteroatoms. The van der Waals surface area contributed by atoms with Crippen molar-refractivity contribution in [2.45, 2.75) is 72.3 Å². The molecule has 0 bridgehead atoms. The molecule has 1 aromatic carbocycles. The summed E-state index contributed by atoms with van der Waals surface area (Å²) >= 11 is 0. The van der Waals surface area contributed by atoms with Gasteiger partial charge in [0.1, 0.15) is 23.8 Å². The summed E-state index contributed by atoms with van der Waals surface area (Å²) in [6.07, 6.45) is -3.92. The third-order valence-corrected chi connectivity index (χ3v) is 9.25. The number of likely N-dealkylation sites (tertiary alicyclic amines) is 1. The van der Waals surface area contributed by atoms with Crippen LogP contribution < -0.4 is 21.9 Å². The van der Waals surface area contributed by atoms with Gasteiger partial charge in [0.25, 0.3) is 5.56 Å². The fourth-order valence-electron chi connectivity index (χ4n) is 6.57. The van der Waals surface area contributed by atoms with Crippen molar-refractivity contribution in [3.63, 3.8) is 0 Å². The Bertz CT molecular complexity index is 1760. The fourth-order valence-corrected chi connectivity index (χ4v) is 6.57. The Balaban J connectivity index is 1.41. The number of hydrogen-bond acceptors (Lipinski definition) is 7. The van der Waals surface area contributed by atoms with Crippen LogP contribution in [0.4, 0.5) is 19.1 Å². The molecule has 1 aliphatic carbocycles. The number of fused-ring (bicyclic) bond motifs is 2. The second kappa shape index (κ2) is 11.4. The molecule has 5 rings (SSSR count). The van der Waals surface area contributed by atoms with Gasteiger partial charge in [-0.05, 0) is 59.2 Å². The number of H-pyrrole nitrogens is 1. The molecule has 5 N–H and O–H groups in total. The van der Waals surface area contributed by atoms with Crippen molar-refractivity contribution in [2.75, 3.05) is 11.9 Å². The van der Waals surface area contributed by atoms with Gasteiger partial charge in [-0.2, -0.15) is 13.2 Å². The predicted octanol–water partition coefficient (Wildman–Crippen LogP) is 3.17. The van der Waals surface area contributed by atoms with Crippen LogP contribution in [0.2, 0.25) is 0 Å². The van der Waals surface area contributed by atoms with Crippen molar-refractivity contribution in [3.8, 4) is 0 Å². The van der Waals surface area contributed by atoms with Gasteiger partial charge >= 0.3 is 6.18 Å². The smallest absolute Gasteiger partial charge is 0.368 e. The summed E-state index contributed by atoms with van der Waals surface area (Å²) in [7, 11) is 0. The van der Waals surface area contributed by atoms with E-state index in [-0.39, 0.29) is 41.7 Å². The Kier molecular flexibility index (Phi) is 8.14. The topological polar surface area (TPSA) is 163 Å². The highest BCUT2D eigenvalue weighted by atomic mass is 19.4. The Morgan fingerprint density at radius 2 is 1.85 bits per heavy atom. The summed E-state index contributed by atoms with van der Waals surface area (Å²) in [6, 6.07) is 4.58. The molecule has 3 amide bonds. The van der Waals surface area contributed by atoms with E-state index >= 15 is 0 Å². The SMILES string of the molecule is Cc1ccc2[nH]c(=O)c(CC(NC(=O)[C@@H]3[C@@H]4[C@H](CN3C(=O)[C@@H](Nc3nccc(C(F)(F)F)n3)C(C)(C)C)C4(C)C)C(N)=O)cc2c1. The molecule has 246 valence electrons. The van der Waals surface area contributed by atoms with Crippen molar-refractivity contribution < 1.29 is 27.6 Å². The number of carbonyl (C=O) groups is 3. The van der Waals surface area contributed by atoms with Crippen LogP contribution in [0.3, 0.4) is 0 Å². The van der Waals surface area contributed by atoms with Crippen LogP contribution in [0.1, 0.15) is 51.4 Å². The van der Waals surface area contributed by atoms with Gasteiger partial charge in [-0.25, -0.2) is 9.97 Å². The number of aromatic nitrogens is 3. The molecule has 1 saturated heterocycles. The van der Waals surface area contributed by atoms with Crippen molar-refractivity contribution >= 4 is 34.6 Å². The Morgan fingerprint density at radius 3 is 2.48 bits per heavy atom. The summed E-state index contributed by atoms with van der Waals surface area (Å²) in [5.74, 6) is -2.60. The number of benzene rings is 1. The highest BCUT2D eigenvalue weighted by Gasteiger charge is 2.69. The minimum absolute atomic E-state index is 0.0174. The number of nitrogens with one attached hydrogen (secondary N) is 3. The van der Waals surface area contributed by atoms with E-state index in [0.29, 0.717) is 5.52 Å². The zero-order chi connectivity index (χ0) is 33.9. The number of carbonyl (C=O) groups excluding carboxylic acids is 3. The maximum Gasteiger partial charge on any atom is 0.433 e. The van der Waals surface area contributed by atoms with Gasteiger partial charge in [-0.3, -0.25) is 19.2 Å². The molecule has 0 spiro atoms. The lowest BCUT2D eigenvalue weighted by molar-refractivity contribution is -0.143. The zero-order valence-electron chi connectivity index (χ0n) is 26.5. The number of halogens is 3. The summed E-state index contributed by atoms with van der Waals surface area (Å²) in [5.41, 5.74) is 4.86. The average Bonchev–Trinajstić information content (AvgIpc) is 3.26. The maximum atomic E-state index is 14.1. The van der Waals surface area contributed by atoms with Gasteiger partial charge in [0.2, 0.25) is 23.7 Å². The molecule has 2 aliphatic rings. The minimum atomic E-state index is -4.71. The molecule has 1 saturated carbocycles. The molecule has 2 fully saturated rings. The number of primary amides is 1. The standard InChI is InChI=1S/C32H38F3N7O4/c1-15-7-8-19-16(11-15)12-17(26(44)38-19)13-20(25(36)43)39-27(45)23-22-18(31(22,5)6)14-42(23)28(46)24(30(2,3)4)41-29-37-10-9-21(40-29)32(33,34)35/h7-12,18,20,22-24H,13-14H2,1-6H3,(H2,36,43)(H,38,44)(H,39,45)(H,37,40,41)/t18-,20?,22-,23-,24+/m0/s1. The third kappa shape index (κ3) is 6.29. The Morgan fingerprint density at radius 1 is 1.15 bits per heavy atom. The van der Waals surface area contributed by atoms with Crippen molar-refractivity contribution in [1.29, 1.82) is 0 Å². The van der Waals surface area contributed by atoms with E-state index in [4.69, 9.17) is 5.73 Å². The first-order chi connectivity index (χ1) is 21.3. The van der Waals surface area contributed by atoms with Gasteiger partial charge in [0.05, 0.1) is 0 Å². The van der Waals surface area contributed by atoms with E-state index in [0.717, 1.165) is 23.2 Å². The molecule has 46 heavy (non-hydrogen) atoms. The lowest BCUT2D eigenvalue weighted by Crippen LogP contribution is -2.58. The molecule has 1 unspecified atom stereocenters. The second-order valence-electron chi connectivity index (χ2n) is 14.0. The quantitative estimate of drug-likeness (QED) is 0.294. The van der Waals surface area contributed by atoms with Crippen molar-refractivity contribution in [1.82, 2.24) is 25.2 Å². The number of amides is 3. The Hall–Kier alpha value is -4.49. The second-order valence-corrected chi connectivity index (χ2v) is 14.0. The monoisotopic (exact) mass is 641 g/mol. The number of aromatic amines is 1. The zero-order valence-corrected chi connectivity index (χ0v) is 26.5. The van der Waals surface area contributed by atoms with E-state index in [1.54, 1.807) is 32.9 Å². The first-order valence-corrected chi connectivity index (χ1v) is 15.0. The lowest BCUT2D eigenvalue weighted by atomic mass is 9.85. The van der Waals surface area contributed by atoms with Gasteiger partial charge in [0.15, 0.2) is 0 Å². The van der Waals surface area contributed by atoms with Crippen molar-refractivity contribution in [3.05, 3.63) is 63.7 Å². The van der Waals surface area contributed by atoms with Crippen LogP contribution >= 0.6 is 0 Å². The normalized spacial score (nSPS) is 21.8. The number of anilines is 1. The molecule has 11 nitrogen and oxygen atoms in total. The highest BCUT2D eigenvalue weighted by Crippen LogP contribution is 2.65. The molecule has 0 radical (unpaired) electrons. The van der Waals surface area contributed by atoms with Crippen molar-refractivity contribution in [2.24, 2.45) is 28.4 Å². The number of rotatable bonds is 8. The van der Waals surface area contributed by atoms with E-state index in [9.17, 15) is 32.3 Å². The number of alkyl halides is 3. The number of nitrogens with zero attached hydrogens (tertiary/aromatic N) is 3. The van der Waals surface area contributed by atoms with Crippen LogP contribution in [0.25, 0.3) is 10.9 Å². The average molecular weight is 642 g/mol. The first-order valence-electron chi connectivity index (χ1n) is 15.0. The summed E-state index contributed by atoms with van der Waals surface area (Å²) in [4.78, 5) is 65.2. The third-order valence-electron chi connectivity index (χ3n) is 9.25. The molecule has 1 aliphatic heterocycles. The molecule has 2 aromatic heterocycles.